The summed E-state index contributed by atoms with van der Waals surface area (Å²) in [4.78, 5) is 39.7. The Morgan fingerprint density at radius 3 is 2.71 bits per heavy atom. The number of piperidine rings is 1. The van der Waals surface area contributed by atoms with Crippen LogP contribution in [0.2, 0.25) is 0 Å². The van der Waals surface area contributed by atoms with Gasteiger partial charge in [0.05, 0.1) is 13.2 Å². The van der Waals surface area contributed by atoms with Crippen LogP contribution in [0.25, 0.3) is 6.08 Å². The smallest absolute Gasteiger partial charge is 0.329 e. The predicted molar refractivity (Wildman–Crippen MR) is 123 cm³/mol. The zero-order valence-corrected chi connectivity index (χ0v) is 19.8. The second kappa shape index (κ2) is 10.6. The van der Waals surface area contributed by atoms with E-state index < -0.39 is 17.8 Å². The van der Waals surface area contributed by atoms with Crippen molar-refractivity contribution in [2.24, 2.45) is 5.92 Å². The summed E-state index contributed by atoms with van der Waals surface area (Å²) >= 11 is 1.21. The first-order valence-corrected chi connectivity index (χ1v) is 12.0. The molecule has 0 amide bonds. The summed E-state index contributed by atoms with van der Waals surface area (Å²) in [6.07, 6.45) is 4.00. The van der Waals surface area contributed by atoms with E-state index in [4.69, 9.17) is 0 Å². The number of rotatable bonds is 8. The average molecular weight is 488 g/mol. The molecule has 4 rings (SSSR count). The van der Waals surface area contributed by atoms with Crippen molar-refractivity contribution in [1.82, 2.24) is 25.1 Å². The van der Waals surface area contributed by atoms with E-state index in [-0.39, 0.29) is 34.4 Å². The maximum Gasteiger partial charge on any atom is 0.329 e. The minimum absolute atomic E-state index is 0.0219. The lowest BCUT2D eigenvalue weighted by Crippen LogP contribution is -2.43. The number of methoxy groups -OCH3 is 1. The van der Waals surface area contributed by atoms with Crippen molar-refractivity contribution in [1.29, 1.82) is 0 Å². The zero-order valence-electron chi connectivity index (χ0n) is 19.0. The molecule has 0 bridgehead atoms. The van der Waals surface area contributed by atoms with Gasteiger partial charge in [0.1, 0.15) is 5.82 Å². The van der Waals surface area contributed by atoms with E-state index in [1.165, 1.54) is 31.9 Å². The van der Waals surface area contributed by atoms with E-state index in [2.05, 4.69) is 20.1 Å². The molecule has 2 aromatic rings. The molecule has 1 aromatic heterocycles. The normalized spacial score (nSPS) is 20.8. The highest BCUT2D eigenvalue weighted by Crippen LogP contribution is 2.40. The van der Waals surface area contributed by atoms with Gasteiger partial charge in [-0.25, -0.2) is 9.18 Å². The molecule has 0 radical (unpaired) electrons. The summed E-state index contributed by atoms with van der Waals surface area (Å²) in [7, 11) is 1.28. The number of ether oxygens (including phenoxy) is 1. The van der Waals surface area contributed by atoms with Crippen molar-refractivity contribution in [3.63, 3.8) is 0 Å². The fourth-order valence-corrected chi connectivity index (χ4v) is 5.04. The van der Waals surface area contributed by atoms with E-state index in [1.54, 1.807) is 24.3 Å². The number of benzene rings is 1. The monoisotopic (exact) mass is 487 g/mol. The molecule has 2 unspecified atom stereocenters. The Balaban J connectivity index is 1.63. The molecule has 0 N–H and O–H groups in total. The second-order valence-corrected chi connectivity index (χ2v) is 9.81. The third kappa shape index (κ3) is 5.76. The Morgan fingerprint density at radius 1 is 1.26 bits per heavy atom. The first-order valence-electron chi connectivity index (χ1n) is 11.1. The fourth-order valence-electron chi connectivity index (χ4n) is 4.12. The van der Waals surface area contributed by atoms with Crippen LogP contribution in [0.5, 0.6) is 0 Å². The molecule has 1 aliphatic carbocycles. The van der Waals surface area contributed by atoms with Crippen LogP contribution in [-0.4, -0.2) is 67.4 Å². The Bertz CT molecular complexity index is 1120. The topological polar surface area (TPSA) is 107 Å². The Hall–Kier alpha value is -2.92. The highest BCUT2D eigenvalue weighted by atomic mass is 32.2. The highest BCUT2D eigenvalue weighted by Gasteiger charge is 2.41. The number of Topliss-reactive ketones (excluding diaryl/α,β-unsaturated/α-hetero) is 1. The van der Waals surface area contributed by atoms with Crippen molar-refractivity contribution in [3.8, 4) is 0 Å². The van der Waals surface area contributed by atoms with E-state index >= 15 is 0 Å². The number of ketones is 1. The molecule has 2 aliphatic rings. The molecule has 9 nitrogen and oxygen atoms in total. The maximum absolute atomic E-state index is 14.8. The van der Waals surface area contributed by atoms with Gasteiger partial charge in [-0.1, -0.05) is 30.0 Å². The predicted octanol–water partition coefficient (Wildman–Crippen LogP) is 2.44. The molecular weight excluding hydrogens is 461 g/mol. The van der Waals surface area contributed by atoms with Crippen LogP contribution < -0.4 is 0 Å². The van der Waals surface area contributed by atoms with E-state index in [1.807, 2.05) is 4.90 Å². The number of esters is 1. The number of carbonyl (C=O) groups excluding carboxylic acids is 3. The molecule has 2 atom stereocenters. The third-order valence-corrected chi connectivity index (χ3v) is 7.04. The summed E-state index contributed by atoms with van der Waals surface area (Å²) in [5, 5.41) is 11.9. The summed E-state index contributed by atoms with van der Waals surface area (Å²) in [5.74, 6) is -0.632. The van der Waals surface area contributed by atoms with Gasteiger partial charge in [-0.05, 0) is 42.2 Å². The van der Waals surface area contributed by atoms with Crippen molar-refractivity contribution in [2.45, 2.75) is 44.0 Å². The minimum atomic E-state index is -0.691. The Morgan fingerprint density at radius 2 is 2.03 bits per heavy atom. The van der Waals surface area contributed by atoms with Gasteiger partial charge in [-0.2, -0.15) is 4.80 Å². The number of carbonyl (C=O) groups is 3. The molecule has 1 aromatic carbocycles. The van der Waals surface area contributed by atoms with Gasteiger partial charge in [0.2, 0.25) is 0 Å². The summed E-state index contributed by atoms with van der Waals surface area (Å²) in [6.45, 7) is 2.24. The molecule has 2 fully saturated rings. The van der Waals surface area contributed by atoms with Gasteiger partial charge in [0.25, 0.3) is 0 Å². The largest absolute Gasteiger partial charge is 0.468 e. The zero-order chi connectivity index (χ0) is 24.2. The standard InChI is InChI=1S/C23H26FN5O4S/c1-14(30)34-19-9-10-28(12-16(19)11-20-25-27-29(26-20)13-21(31)33-2)22(23(32)15-7-8-15)17-5-3-4-6-18(17)24/h3-6,11,15,19,22H,7-10,12-13H2,1-2H3. The molecule has 180 valence electrons. The molecule has 2 heterocycles. The average Bonchev–Trinajstić information content (AvgIpc) is 3.57. The molecule has 0 spiro atoms. The lowest BCUT2D eigenvalue weighted by molar-refractivity contribution is -0.141. The fraction of sp³-hybridized carbons (Fsp3) is 0.478. The summed E-state index contributed by atoms with van der Waals surface area (Å²) in [5.41, 5.74) is 1.22. The maximum atomic E-state index is 14.8. The number of aromatic nitrogens is 4. The number of tetrazole rings is 1. The molecule has 1 aliphatic heterocycles. The third-order valence-electron chi connectivity index (χ3n) is 5.88. The Labute approximate surface area is 200 Å². The van der Waals surface area contributed by atoms with Crippen LogP contribution in [0.15, 0.2) is 29.8 Å². The van der Waals surface area contributed by atoms with Crippen molar-refractivity contribution >= 4 is 34.7 Å². The molecule has 1 saturated carbocycles. The molecule has 34 heavy (non-hydrogen) atoms. The minimum Gasteiger partial charge on any atom is -0.468 e. The highest BCUT2D eigenvalue weighted by molar-refractivity contribution is 8.14. The number of nitrogens with zero attached hydrogens (tertiary/aromatic N) is 5. The van der Waals surface area contributed by atoms with Gasteiger partial charge >= 0.3 is 5.97 Å². The SMILES string of the molecule is COC(=O)Cn1nnc(C=C2CN(C(C(=O)C3CC3)c3ccccc3F)CCC2SC(C)=O)n1. The number of halogens is 1. The van der Waals surface area contributed by atoms with Gasteiger partial charge < -0.3 is 4.74 Å². The molecular formula is C23H26FN5O4S. The van der Waals surface area contributed by atoms with Crippen LogP contribution >= 0.6 is 11.8 Å². The Kier molecular flexibility index (Phi) is 7.52. The van der Waals surface area contributed by atoms with E-state index in [0.29, 0.717) is 25.1 Å². The number of thioether (sulfide) groups is 1. The number of hydrogen-bond donors (Lipinski definition) is 0. The summed E-state index contributed by atoms with van der Waals surface area (Å²) in [6, 6.07) is 5.70. The van der Waals surface area contributed by atoms with Crippen LogP contribution in [0.3, 0.4) is 0 Å². The van der Waals surface area contributed by atoms with E-state index in [0.717, 1.165) is 23.2 Å². The van der Waals surface area contributed by atoms with Crippen molar-refractivity contribution in [2.75, 3.05) is 20.2 Å². The second-order valence-electron chi connectivity index (χ2n) is 8.43. The van der Waals surface area contributed by atoms with Gasteiger partial charge in [0.15, 0.2) is 23.3 Å². The van der Waals surface area contributed by atoms with Crippen LogP contribution in [0, 0.1) is 11.7 Å². The van der Waals surface area contributed by atoms with Crippen LogP contribution in [0.4, 0.5) is 4.39 Å². The first-order chi connectivity index (χ1) is 16.4. The van der Waals surface area contributed by atoms with E-state index in [9.17, 15) is 18.8 Å². The van der Waals surface area contributed by atoms with Crippen LogP contribution in [0.1, 0.15) is 43.6 Å². The lowest BCUT2D eigenvalue weighted by Gasteiger charge is -2.38. The number of likely N-dealkylation sites (tertiary alicyclic amines) is 1. The van der Waals surface area contributed by atoms with Crippen molar-refractivity contribution in [3.05, 3.63) is 47.0 Å². The van der Waals surface area contributed by atoms with Gasteiger partial charge in [-0.15, -0.1) is 10.2 Å². The lowest BCUT2D eigenvalue weighted by atomic mass is 9.93. The molecule has 11 heteroatoms. The number of hydrogen-bond acceptors (Lipinski definition) is 9. The van der Waals surface area contributed by atoms with Crippen molar-refractivity contribution < 1.29 is 23.5 Å². The van der Waals surface area contributed by atoms with Crippen LogP contribution in [-0.2, 0) is 25.7 Å². The first kappa shape index (κ1) is 24.2. The van der Waals surface area contributed by atoms with Gasteiger partial charge in [0, 0.05) is 36.7 Å². The quantitative estimate of drug-likeness (QED) is 0.519. The summed E-state index contributed by atoms with van der Waals surface area (Å²) < 4.78 is 19.4. The van der Waals surface area contributed by atoms with Gasteiger partial charge in [-0.3, -0.25) is 14.5 Å². The molecule has 1 saturated heterocycles.